The fourth-order valence-electron chi connectivity index (χ4n) is 3.02. The first-order valence-electron chi connectivity index (χ1n) is 8.55. The Kier molecular flexibility index (Phi) is 5.25. The third-order valence-corrected chi connectivity index (χ3v) is 4.42. The molecule has 1 aromatic carbocycles. The molecule has 0 atom stereocenters. The molecule has 1 aliphatic heterocycles. The van der Waals surface area contributed by atoms with E-state index in [2.05, 4.69) is 0 Å². The summed E-state index contributed by atoms with van der Waals surface area (Å²) < 4.78 is 24.2. The number of carboxylic acids is 1. The molecule has 1 aromatic heterocycles. The normalized spacial score (nSPS) is 15.1. The number of aromatic carboxylic acids is 1. The number of carbonyl (C=O) groups is 2. The van der Waals surface area contributed by atoms with E-state index in [1.54, 1.807) is 24.0 Å². The maximum atomic E-state index is 12.9. The molecule has 1 aliphatic rings. The van der Waals surface area contributed by atoms with Crippen LogP contribution in [0.25, 0.3) is 0 Å². The van der Waals surface area contributed by atoms with Crippen molar-refractivity contribution in [3.8, 4) is 5.75 Å². The predicted molar refractivity (Wildman–Crippen MR) is 91.0 cm³/mol. The molecule has 0 saturated carbocycles. The van der Waals surface area contributed by atoms with Gasteiger partial charge in [-0.3, -0.25) is 4.79 Å². The van der Waals surface area contributed by atoms with Gasteiger partial charge in [0.25, 0.3) is 5.91 Å². The van der Waals surface area contributed by atoms with Crippen molar-refractivity contribution in [2.45, 2.75) is 32.3 Å². The molecule has 1 amide bonds. The van der Waals surface area contributed by atoms with Crippen molar-refractivity contribution in [1.82, 2.24) is 4.90 Å². The number of amides is 1. The molecule has 2 aromatic rings. The lowest BCUT2D eigenvalue weighted by molar-refractivity contribution is 0.0564. The third-order valence-electron chi connectivity index (χ3n) is 4.42. The predicted octanol–water partition coefficient (Wildman–Crippen LogP) is 3.36. The van der Waals surface area contributed by atoms with Crippen LogP contribution in [0, 0.1) is 5.82 Å². The van der Waals surface area contributed by atoms with Crippen LogP contribution in [-0.4, -0.2) is 41.1 Å². The Morgan fingerprint density at radius 3 is 2.46 bits per heavy atom. The third kappa shape index (κ3) is 3.87. The minimum absolute atomic E-state index is 0.0328. The Balaban J connectivity index is 1.60. The molecule has 26 heavy (non-hydrogen) atoms. The molecule has 3 rings (SSSR count). The van der Waals surface area contributed by atoms with Gasteiger partial charge in [0, 0.05) is 38.4 Å². The number of benzene rings is 1. The minimum atomic E-state index is -1.10. The Morgan fingerprint density at radius 2 is 1.92 bits per heavy atom. The summed E-state index contributed by atoms with van der Waals surface area (Å²) in [6.45, 7) is 2.74. The SMILES string of the molecule is CCc1oc(C(=O)N2CCC(Oc3ccc(F)cc3)CC2)cc1C(=O)O. The Hall–Kier alpha value is -2.83. The van der Waals surface area contributed by atoms with Crippen molar-refractivity contribution in [2.75, 3.05) is 13.1 Å². The van der Waals surface area contributed by atoms with Gasteiger partial charge in [-0.05, 0) is 24.3 Å². The fourth-order valence-corrected chi connectivity index (χ4v) is 3.02. The monoisotopic (exact) mass is 361 g/mol. The van der Waals surface area contributed by atoms with E-state index in [1.807, 2.05) is 0 Å². The zero-order valence-corrected chi connectivity index (χ0v) is 14.4. The van der Waals surface area contributed by atoms with Crippen LogP contribution in [0.3, 0.4) is 0 Å². The van der Waals surface area contributed by atoms with E-state index in [0.29, 0.717) is 43.9 Å². The molecule has 2 heterocycles. The second-order valence-electron chi connectivity index (χ2n) is 6.17. The van der Waals surface area contributed by atoms with Gasteiger partial charge in [0.1, 0.15) is 29.0 Å². The summed E-state index contributed by atoms with van der Waals surface area (Å²) >= 11 is 0. The van der Waals surface area contributed by atoms with E-state index >= 15 is 0 Å². The highest BCUT2D eigenvalue weighted by Crippen LogP contribution is 2.22. The summed E-state index contributed by atoms with van der Waals surface area (Å²) in [5, 5.41) is 9.17. The van der Waals surface area contributed by atoms with Crippen LogP contribution in [0.15, 0.2) is 34.7 Å². The lowest BCUT2D eigenvalue weighted by Crippen LogP contribution is -2.41. The summed E-state index contributed by atoms with van der Waals surface area (Å²) in [6, 6.07) is 7.14. The maximum Gasteiger partial charge on any atom is 0.339 e. The van der Waals surface area contributed by atoms with E-state index < -0.39 is 5.97 Å². The van der Waals surface area contributed by atoms with Gasteiger partial charge >= 0.3 is 5.97 Å². The summed E-state index contributed by atoms with van der Waals surface area (Å²) in [5.74, 6) is -0.777. The van der Waals surface area contributed by atoms with Crippen molar-refractivity contribution in [1.29, 1.82) is 0 Å². The number of hydrogen-bond donors (Lipinski definition) is 1. The van der Waals surface area contributed by atoms with E-state index in [0.717, 1.165) is 0 Å². The molecule has 1 N–H and O–H groups in total. The lowest BCUT2D eigenvalue weighted by Gasteiger charge is -2.31. The van der Waals surface area contributed by atoms with Gasteiger partial charge in [0.2, 0.25) is 0 Å². The Bertz CT molecular complexity index is 791. The van der Waals surface area contributed by atoms with Gasteiger partial charge in [0.05, 0.1) is 0 Å². The molecule has 1 fully saturated rings. The number of carbonyl (C=O) groups excluding carboxylic acids is 1. The molecule has 6 nitrogen and oxygen atoms in total. The number of likely N-dealkylation sites (tertiary alicyclic amines) is 1. The smallest absolute Gasteiger partial charge is 0.339 e. The van der Waals surface area contributed by atoms with E-state index in [-0.39, 0.29) is 29.2 Å². The van der Waals surface area contributed by atoms with E-state index in [1.165, 1.54) is 18.2 Å². The van der Waals surface area contributed by atoms with Crippen molar-refractivity contribution in [2.24, 2.45) is 0 Å². The zero-order valence-electron chi connectivity index (χ0n) is 14.4. The molecule has 7 heteroatoms. The van der Waals surface area contributed by atoms with Crippen LogP contribution < -0.4 is 4.74 Å². The first-order valence-corrected chi connectivity index (χ1v) is 8.55. The van der Waals surface area contributed by atoms with Gasteiger partial charge in [-0.25, -0.2) is 9.18 Å². The number of carboxylic acid groups (broad SMARTS) is 1. The number of aryl methyl sites for hydroxylation is 1. The fraction of sp³-hybridized carbons (Fsp3) is 0.368. The molecule has 0 bridgehead atoms. The van der Waals surface area contributed by atoms with Crippen LogP contribution >= 0.6 is 0 Å². The van der Waals surface area contributed by atoms with Gasteiger partial charge < -0.3 is 19.2 Å². The number of hydrogen-bond acceptors (Lipinski definition) is 4. The van der Waals surface area contributed by atoms with E-state index in [4.69, 9.17) is 14.3 Å². The van der Waals surface area contributed by atoms with E-state index in [9.17, 15) is 14.0 Å². The number of halogens is 1. The quantitative estimate of drug-likeness (QED) is 0.883. The second kappa shape index (κ2) is 7.59. The Labute approximate surface area is 150 Å². The number of rotatable bonds is 5. The summed E-state index contributed by atoms with van der Waals surface area (Å²) in [4.78, 5) is 25.4. The first kappa shape index (κ1) is 18.0. The van der Waals surface area contributed by atoms with Crippen LogP contribution in [0.1, 0.15) is 46.4 Å². The topological polar surface area (TPSA) is 80.0 Å². The highest BCUT2D eigenvalue weighted by atomic mass is 19.1. The maximum absolute atomic E-state index is 12.9. The van der Waals surface area contributed by atoms with Crippen LogP contribution in [-0.2, 0) is 6.42 Å². The van der Waals surface area contributed by atoms with Crippen LogP contribution in [0.2, 0.25) is 0 Å². The average Bonchev–Trinajstić information content (AvgIpc) is 3.08. The molecular weight excluding hydrogens is 341 g/mol. The molecule has 0 radical (unpaired) electrons. The van der Waals surface area contributed by atoms with Crippen molar-refractivity contribution in [3.63, 3.8) is 0 Å². The number of piperidine rings is 1. The highest BCUT2D eigenvalue weighted by Gasteiger charge is 2.28. The highest BCUT2D eigenvalue weighted by molar-refractivity contribution is 5.96. The van der Waals surface area contributed by atoms with Gasteiger partial charge in [-0.2, -0.15) is 0 Å². The van der Waals surface area contributed by atoms with Crippen LogP contribution in [0.4, 0.5) is 4.39 Å². The molecule has 0 aliphatic carbocycles. The number of ether oxygens (including phenoxy) is 1. The second-order valence-corrected chi connectivity index (χ2v) is 6.17. The largest absolute Gasteiger partial charge is 0.490 e. The molecular formula is C19H20FNO5. The molecule has 0 spiro atoms. The lowest BCUT2D eigenvalue weighted by atomic mass is 10.1. The molecule has 1 saturated heterocycles. The summed E-state index contributed by atoms with van der Waals surface area (Å²) in [5.41, 5.74) is 0.0328. The van der Waals surface area contributed by atoms with Gasteiger partial charge in [0.15, 0.2) is 5.76 Å². The number of nitrogens with zero attached hydrogens (tertiary/aromatic N) is 1. The summed E-state index contributed by atoms with van der Waals surface area (Å²) in [6.07, 6.45) is 1.62. The summed E-state index contributed by atoms with van der Waals surface area (Å²) in [7, 11) is 0. The number of furan rings is 1. The Morgan fingerprint density at radius 1 is 1.27 bits per heavy atom. The first-order chi connectivity index (χ1) is 12.5. The minimum Gasteiger partial charge on any atom is -0.490 e. The van der Waals surface area contributed by atoms with Crippen molar-refractivity contribution in [3.05, 3.63) is 53.2 Å². The zero-order chi connectivity index (χ0) is 18.7. The van der Waals surface area contributed by atoms with Gasteiger partial charge in [-0.15, -0.1) is 0 Å². The average molecular weight is 361 g/mol. The molecule has 138 valence electrons. The standard InChI is InChI=1S/C19H20FNO5/c1-2-16-15(19(23)24)11-17(26-16)18(22)21-9-7-14(8-10-21)25-13-5-3-12(20)4-6-13/h3-6,11,14H,2,7-10H2,1H3,(H,23,24). The van der Waals surface area contributed by atoms with Crippen molar-refractivity contribution < 1.29 is 28.2 Å². The van der Waals surface area contributed by atoms with Gasteiger partial charge in [-0.1, -0.05) is 6.92 Å². The van der Waals surface area contributed by atoms with Crippen LogP contribution in [0.5, 0.6) is 5.75 Å². The van der Waals surface area contributed by atoms with Crippen molar-refractivity contribution >= 4 is 11.9 Å². The molecule has 0 unspecified atom stereocenters.